The minimum Gasteiger partial charge on any atom is -0.460 e. The molecule has 2 aromatic rings. The first-order valence-electron chi connectivity index (χ1n) is 12.7. The Morgan fingerprint density at radius 1 is 1.22 bits per heavy atom. The summed E-state index contributed by atoms with van der Waals surface area (Å²) in [5.74, 6) is -1.48. The molecule has 2 unspecified atom stereocenters. The standard InChI is InChI=1S/C27H34F3N3O4/c1-25(2,3)37-23(34)14-20(19-15-26(19,4)36)31-24(35)21-13-22(33(32-21)16-9-5-6-10-16)17-11-7-8-12-18(17)27(28,29)30/h7-8,11-13,16,19-20,36H,5-6,9-10,14-15H2,1-4H3,(H,31,35)/t19?,20-,26?/m1/s1. The van der Waals surface area contributed by atoms with E-state index in [1.54, 1.807) is 32.4 Å². The van der Waals surface area contributed by atoms with E-state index in [1.165, 1.54) is 24.3 Å². The summed E-state index contributed by atoms with van der Waals surface area (Å²) in [6.07, 6.45) is -0.924. The number of alkyl halides is 3. The molecule has 3 atom stereocenters. The van der Waals surface area contributed by atoms with Gasteiger partial charge in [-0.1, -0.05) is 31.0 Å². The SMILES string of the molecule is CC(C)(C)OC(=O)C[C@@H](NC(=O)c1cc(-c2ccccc2C(F)(F)F)n(C2CCCC2)n1)C1CC1(C)O. The molecule has 2 fully saturated rings. The Balaban J connectivity index is 1.65. The number of benzene rings is 1. The summed E-state index contributed by atoms with van der Waals surface area (Å²) in [6, 6.07) is 5.83. The second kappa shape index (κ2) is 9.78. The highest BCUT2D eigenvalue weighted by atomic mass is 19.4. The molecule has 1 aromatic heterocycles. The van der Waals surface area contributed by atoms with Crippen LogP contribution in [0.2, 0.25) is 0 Å². The Morgan fingerprint density at radius 2 is 1.84 bits per heavy atom. The first kappa shape index (κ1) is 27.2. The average Bonchev–Trinajstić information content (AvgIpc) is 3.18. The van der Waals surface area contributed by atoms with Gasteiger partial charge in [0.15, 0.2) is 5.69 Å². The molecule has 2 saturated carbocycles. The fraction of sp³-hybridized carbons (Fsp3) is 0.593. The summed E-state index contributed by atoms with van der Waals surface area (Å²) in [5.41, 5.74) is -2.37. The lowest BCUT2D eigenvalue weighted by Gasteiger charge is -2.23. The number of amides is 1. The lowest BCUT2D eigenvalue weighted by molar-refractivity contribution is -0.155. The maximum Gasteiger partial charge on any atom is 0.417 e. The molecule has 0 spiro atoms. The highest BCUT2D eigenvalue weighted by Gasteiger charge is 2.54. The quantitative estimate of drug-likeness (QED) is 0.484. The average molecular weight is 522 g/mol. The van der Waals surface area contributed by atoms with E-state index in [1.807, 2.05) is 0 Å². The molecule has 37 heavy (non-hydrogen) atoms. The van der Waals surface area contributed by atoms with Crippen LogP contribution in [0.4, 0.5) is 13.2 Å². The first-order chi connectivity index (χ1) is 17.2. The van der Waals surface area contributed by atoms with Crippen molar-refractivity contribution in [2.45, 2.75) is 95.7 Å². The number of ether oxygens (including phenoxy) is 1. The highest BCUT2D eigenvalue weighted by molar-refractivity contribution is 5.94. The molecule has 0 aliphatic heterocycles. The fourth-order valence-electron chi connectivity index (χ4n) is 5.15. The molecular formula is C27H34F3N3O4. The van der Waals surface area contributed by atoms with Crippen LogP contribution >= 0.6 is 0 Å². The van der Waals surface area contributed by atoms with Crippen molar-refractivity contribution in [2.24, 2.45) is 5.92 Å². The van der Waals surface area contributed by atoms with E-state index >= 15 is 0 Å². The van der Waals surface area contributed by atoms with Gasteiger partial charge < -0.3 is 15.2 Å². The van der Waals surface area contributed by atoms with Crippen molar-refractivity contribution < 1.29 is 32.6 Å². The topological polar surface area (TPSA) is 93.5 Å². The summed E-state index contributed by atoms with van der Waals surface area (Å²) in [5, 5.41) is 17.7. The summed E-state index contributed by atoms with van der Waals surface area (Å²) in [6.45, 7) is 6.85. The van der Waals surface area contributed by atoms with Crippen LogP contribution in [0.15, 0.2) is 30.3 Å². The van der Waals surface area contributed by atoms with Crippen LogP contribution in [0.5, 0.6) is 0 Å². The lowest BCUT2D eigenvalue weighted by Crippen LogP contribution is -2.41. The number of carbonyl (C=O) groups excluding carboxylic acids is 2. The molecule has 2 aliphatic rings. The van der Waals surface area contributed by atoms with Crippen LogP contribution in [-0.4, -0.2) is 44.0 Å². The van der Waals surface area contributed by atoms with Gasteiger partial charge in [0.25, 0.3) is 5.91 Å². The number of rotatable bonds is 7. The summed E-state index contributed by atoms with van der Waals surface area (Å²) >= 11 is 0. The van der Waals surface area contributed by atoms with E-state index in [-0.39, 0.29) is 35.3 Å². The summed E-state index contributed by atoms with van der Waals surface area (Å²) < 4.78 is 48.4. The Labute approximate surface area is 214 Å². The summed E-state index contributed by atoms with van der Waals surface area (Å²) in [4.78, 5) is 25.8. The number of aromatic nitrogens is 2. The van der Waals surface area contributed by atoms with E-state index in [2.05, 4.69) is 10.4 Å². The monoisotopic (exact) mass is 521 g/mol. The number of hydrogen-bond donors (Lipinski definition) is 2. The normalized spacial score (nSPS) is 23.1. The number of nitrogens with zero attached hydrogens (tertiary/aromatic N) is 2. The van der Waals surface area contributed by atoms with Gasteiger partial charge in [0.2, 0.25) is 0 Å². The van der Waals surface area contributed by atoms with Crippen LogP contribution in [0.3, 0.4) is 0 Å². The van der Waals surface area contributed by atoms with E-state index in [4.69, 9.17) is 4.74 Å². The van der Waals surface area contributed by atoms with Crippen molar-refractivity contribution in [2.75, 3.05) is 0 Å². The molecule has 1 amide bonds. The fourth-order valence-corrected chi connectivity index (χ4v) is 5.15. The van der Waals surface area contributed by atoms with Crippen LogP contribution in [0.25, 0.3) is 11.3 Å². The minimum absolute atomic E-state index is 0.0339. The van der Waals surface area contributed by atoms with Crippen LogP contribution in [0.1, 0.15) is 88.3 Å². The molecule has 4 rings (SSSR count). The van der Waals surface area contributed by atoms with Crippen LogP contribution in [-0.2, 0) is 15.7 Å². The molecule has 2 N–H and O–H groups in total. The van der Waals surface area contributed by atoms with Crippen LogP contribution in [0, 0.1) is 5.92 Å². The highest BCUT2D eigenvalue weighted by Crippen LogP contribution is 2.46. The first-order valence-corrected chi connectivity index (χ1v) is 12.7. The minimum atomic E-state index is -4.57. The second-order valence-corrected chi connectivity index (χ2v) is 11.4. The van der Waals surface area contributed by atoms with Crippen molar-refractivity contribution in [3.63, 3.8) is 0 Å². The third-order valence-electron chi connectivity index (χ3n) is 7.03. The molecule has 1 aromatic carbocycles. The van der Waals surface area contributed by atoms with Crippen molar-refractivity contribution in [3.8, 4) is 11.3 Å². The largest absolute Gasteiger partial charge is 0.460 e. The van der Waals surface area contributed by atoms with Gasteiger partial charge in [-0.3, -0.25) is 14.3 Å². The molecule has 10 heteroatoms. The Bertz CT molecular complexity index is 1160. The number of carbonyl (C=O) groups is 2. The molecule has 0 saturated heterocycles. The van der Waals surface area contributed by atoms with E-state index in [9.17, 15) is 27.9 Å². The number of aliphatic hydroxyl groups is 1. The van der Waals surface area contributed by atoms with Gasteiger partial charge in [-0.05, 0) is 59.1 Å². The second-order valence-electron chi connectivity index (χ2n) is 11.4. The number of esters is 1. The van der Waals surface area contributed by atoms with Gasteiger partial charge in [-0.25, -0.2) is 0 Å². The van der Waals surface area contributed by atoms with Gasteiger partial charge in [-0.15, -0.1) is 0 Å². The van der Waals surface area contributed by atoms with Crippen molar-refractivity contribution in [1.82, 2.24) is 15.1 Å². The molecule has 7 nitrogen and oxygen atoms in total. The zero-order valence-corrected chi connectivity index (χ0v) is 21.6. The van der Waals surface area contributed by atoms with Gasteiger partial charge in [0, 0.05) is 17.5 Å². The van der Waals surface area contributed by atoms with E-state index < -0.39 is 40.9 Å². The zero-order chi connectivity index (χ0) is 27.2. The third kappa shape index (κ3) is 6.34. The number of nitrogens with one attached hydrogen (secondary N) is 1. The molecule has 0 radical (unpaired) electrons. The molecule has 202 valence electrons. The van der Waals surface area contributed by atoms with Crippen molar-refractivity contribution in [3.05, 3.63) is 41.6 Å². The number of hydrogen-bond acceptors (Lipinski definition) is 5. The molecule has 2 aliphatic carbocycles. The van der Waals surface area contributed by atoms with Crippen molar-refractivity contribution in [1.29, 1.82) is 0 Å². The molecule has 0 bridgehead atoms. The van der Waals surface area contributed by atoms with Crippen LogP contribution < -0.4 is 5.32 Å². The lowest BCUT2D eigenvalue weighted by atomic mass is 10.0. The number of halogens is 3. The van der Waals surface area contributed by atoms with Gasteiger partial charge >= 0.3 is 12.1 Å². The molecule has 1 heterocycles. The Morgan fingerprint density at radius 3 is 2.41 bits per heavy atom. The van der Waals surface area contributed by atoms with E-state index in [0.717, 1.165) is 31.7 Å². The van der Waals surface area contributed by atoms with E-state index in [0.29, 0.717) is 6.42 Å². The maximum absolute atomic E-state index is 13.8. The van der Waals surface area contributed by atoms with Gasteiger partial charge in [0.05, 0.1) is 29.3 Å². The predicted molar refractivity (Wildman–Crippen MR) is 131 cm³/mol. The Kier molecular flexibility index (Phi) is 7.18. The van der Waals surface area contributed by atoms with Crippen molar-refractivity contribution >= 4 is 11.9 Å². The predicted octanol–water partition coefficient (Wildman–Crippen LogP) is 5.29. The zero-order valence-electron chi connectivity index (χ0n) is 21.6. The smallest absolute Gasteiger partial charge is 0.417 e. The third-order valence-corrected chi connectivity index (χ3v) is 7.03. The summed E-state index contributed by atoms with van der Waals surface area (Å²) in [7, 11) is 0. The maximum atomic E-state index is 13.8. The molecular weight excluding hydrogens is 487 g/mol. The van der Waals surface area contributed by atoms with Gasteiger partial charge in [0.1, 0.15) is 5.60 Å². The Hall–Kier alpha value is -2.88. The van der Waals surface area contributed by atoms with Gasteiger partial charge in [-0.2, -0.15) is 18.3 Å².